The van der Waals surface area contributed by atoms with E-state index in [2.05, 4.69) is 10.5 Å². The Morgan fingerprint density at radius 2 is 1.78 bits per heavy atom. The number of amides is 1. The fourth-order valence-corrected chi connectivity index (χ4v) is 6.86. The lowest BCUT2D eigenvalue weighted by Gasteiger charge is -2.42. The quantitative estimate of drug-likeness (QED) is 0.0954. The van der Waals surface area contributed by atoms with Crippen molar-refractivity contribution in [2.75, 3.05) is 7.11 Å². The highest BCUT2D eigenvalue weighted by Gasteiger charge is 2.49. The van der Waals surface area contributed by atoms with Gasteiger partial charge in [0.1, 0.15) is 22.8 Å². The number of ketones is 2. The van der Waals surface area contributed by atoms with Crippen LogP contribution in [0, 0.1) is 0 Å². The van der Waals surface area contributed by atoms with Gasteiger partial charge in [0.05, 0.1) is 47.8 Å². The molecule has 0 spiro atoms. The standard InChI is InChI=1S/C36H39N3O10/c1-5-18-9-11-19(12-10-18)35(45)39-38-17(3)36(46)14-21-27(24(15-36)49-25-13-22(37)30(40)16(2)48-25)34(44)29-28(32(21)42)31(41)20-7-6-8-23(47-4)26(20)33(29)43/h6-12,16,22,24-25,30,40,42,44,46H,5,13-15,37H2,1-4H3,(H,39,45)/b38-17+/t16-,22-,24+,25+,30+,36+/m0/s1. The van der Waals surface area contributed by atoms with E-state index in [-0.39, 0.29) is 53.0 Å². The summed E-state index contributed by atoms with van der Waals surface area (Å²) in [5, 5.41) is 50.2. The molecule has 3 aromatic rings. The first-order valence-corrected chi connectivity index (χ1v) is 16.1. The van der Waals surface area contributed by atoms with Gasteiger partial charge >= 0.3 is 0 Å². The second-order valence-electron chi connectivity index (χ2n) is 12.8. The normalized spacial score (nSPS) is 26.4. The average Bonchev–Trinajstić information content (AvgIpc) is 3.09. The molecule has 3 aliphatic rings. The molecule has 7 N–H and O–H groups in total. The number of hydrazone groups is 1. The molecule has 0 unspecified atom stereocenters. The minimum absolute atomic E-state index is 0.0186. The number of rotatable bonds is 7. The van der Waals surface area contributed by atoms with Gasteiger partial charge in [-0.3, -0.25) is 14.4 Å². The molecule has 1 amide bonds. The van der Waals surface area contributed by atoms with Crippen LogP contribution in [0.4, 0.5) is 0 Å². The first kappa shape index (κ1) is 34.2. The van der Waals surface area contributed by atoms with Gasteiger partial charge in [-0.25, -0.2) is 5.43 Å². The first-order chi connectivity index (χ1) is 23.3. The van der Waals surface area contributed by atoms with Crippen LogP contribution in [0.1, 0.15) is 98.6 Å². The number of ether oxygens (including phenoxy) is 3. The Bertz CT molecular complexity index is 1860. The molecule has 6 rings (SSSR count). The maximum absolute atomic E-state index is 13.9. The predicted octanol–water partition coefficient (Wildman–Crippen LogP) is 2.81. The Balaban J connectivity index is 1.43. The maximum Gasteiger partial charge on any atom is 0.271 e. The smallest absolute Gasteiger partial charge is 0.271 e. The summed E-state index contributed by atoms with van der Waals surface area (Å²) >= 11 is 0. The molecule has 0 saturated carbocycles. The summed E-state index contributed by atoms with van der Waals surface area (Å²) in [6.07, 6.45) is -3.71. The highest BCUT2D eigenvalue weighted by Crippen LogP contribution is 2.52. The van der Waals surface area contributed by atoms with Crippen LogP contribution < -0.4 is 15.9 Å². The third kappa shape index (κ3) is 5.87. The van der Waals surface area contributed by atoms with Gasteiger partial charge in [-0.05, 0) is 44.0 Å². The van der Waals surface area contributed by atoms with E-state index in [0.29, 0.717) is 5.56 Å². The number of aromatic hydroxyl groups is 2. The third-order valence-corrected chi connectivity index (χ3v) is 9.77. The number of nitrogens with zero attached hydrogens (tertiary/aromatic N) is 1. The number of phenols is 2. The number of phenolic OH excluding ortho intramolecular Hbond substituents is 2. The van der Waals surface area contributed by atoms with E-state index in [4.69, 9.17) is 19.9 Å². The van der Waals surface area contributed by atoms with Crippen molar-refractivity contribution in [2.24, 2.45) is 10.8 Å². The Labute approximate surface area is 282 Å². The van der Waals surface area contributed by atoms with Crippen molar-refractivity contribution >= 4 is 23.2 Å². The Morgan fingerprint density at radius 1 is 1.08 bits per heavy atom. The zero-order chi connectivity index (χ0) is 35.4. The van der Waals surface area contributed by atoms with Crippen molar-refractivity contribution < 1.29 is 49.0 Å². The third-order valence-electron chi connectivity index (χ3n) is 9.77. The summed E-state index contributed by atoms with van der Waals surface area (Å²) in [5.74, 6) is -3.07. The molecular weight excluding hydrogens is 634 g/mol. The van der Waals surface area contributed by atoms with Crippen molar-refractivity contribution in [3.8, 4) is 17.2 Å². The molecule has 0 bridgehead atoms. The fraction of sp³-hybridized carbons (Fsp3) is 0.389. The Morgan fingerprint density at radius 3 is 2.43 bits per heavy atom. The van der Waals surface area contributed by atoms with Crippen LogP contribution in [0.25, 0.3) is 0 Å². The number of aliphatic hydroxyl groups excluding tert-OH is 1. The van der Waals surface area contributed by atoms with E-state index >= 15 is 0 Å². The van der Waals surface area contributed by atoms with Gasteiger partial charge in [0.15, 0.2) is 12.1 Å². The molecule has 1 fully saturated rings. The van der Waals surface area contributed by atoms with Crippen molar-refractivity contribution in [3.63, 3.8) is 0 Å². The number of hydrogen-bond acceptors (Lipinski definition) is 12. The zero-order valence-corrected chi connectivity index (χ0v) is 27.5. The number of fused-ring (bicyclic) bond motifs is 3. The molecule has 2 aliphatic carbocycles. The van der Waals surface area contributed by atoms with Crippen molar-refractivity contribution in [1.82, 2.24) is 5.43 Å². The molecular formula is C36H39N3O10. The molecule has 13 nitrogen and oxygen atoms in total. The lowest BCUT2D eigenvalue weighted by atomic mass is 9.71. The largest absolute Gasteiger partial charge is 0.507 e. The highest BCUT2D eigenvalue weighted by molar-refractivity contribution is 6.31. The van der Waals surface area contributed by atoms with E-state index in [0.717, 1.165) is 12.0 Å². The van der Waals surface area contributed by atoms with Gasteiger partial charge in [-0.1, -0.05) is 31.2 Å². The van der Waals surface area contributed by atoms with Gasteiger partial charge < -0.3 is 40.4 Å². The average molecular weight is 674 g/mol. The molecule has 6 atom stereocenters. The Kier molecular flexibility index (Phi) is 9.07. The molecule has 0 aromatic heterocycles. The van der Waals surface area contributed by atoms with Crippen LogP contribution in [0.3, 0.4) is 0 Å². The Hall–Kier alpha value is -4.66. The lowest BCUT2D eigenvalue weighted by Crippen LogP contribution is -2.52. The lowest BCUT2D eigenvalue weighted by molar-refractivity contribution is -0.245. The maximum atomic E-state index is 13.9. The molecule has 1 heterocycles. The number of carbonyl (C=O) groups excluding carboxylic acids is 3. The molecule has 3 aromatic carbocycles. The number of aryl methyl sites for hydroxylation is 1. The van der Waals surface area contributed by atoms with Crippen molar-refractivity contribution in [3.05, 3.63) is 87.0 Å². The number of nitrogens with two attached hydrogens (primary N) is 1. The van der Waals surface area contributed by atoms with Gasteiger partial charge in [0.25, 0.3) is 5.91 Å². The van der Waals surface area contributed by atoms with E-state index < -0.39 is 76.3 Å². The summed E-state index contributed by atoms with van der Waals surface area (Å²) in [7, 11) is 1.35. The predicted molar refractivity (Wildman–Crippen MR) is 176 cm³/mol. The minimum Gasteiger partial charge on any atom is -0.507 e. The number of hydrogen-bond donors (Lipinski definition) is 6. The van der Waals surface area contributed by atoms with Gasteiger partial charge in [0.2, 0.25) is 5.78 Å². The summed E-state index contributed by atoms with van der Waals surface area (Å²) < 4.78 is 17.5. The summed E-state index contributed by atoms with van der Waals surface area (Å²) in [6, 6.07) is 10.7. The summed E-state index contributed by atoms with van der Waals surface area (Å²) in [5.41, 5.74) is 7.17. The topological polar surface area (TPSA) is 210 Å². The highest BCUT2D eigenvalue weighted by atomic mass is 16.7. The second kappa shape index (κ2) is 13.0. The van der Waals surface area contributed by atoms with E-state index in [1.54, 1.807) is 19.1 Å². The van der Waals surface area contributed by atoms with Crippen LogP contribution in [0.2, 0.25) is 0 Å². The number of benzene rings is 3. The van der Waals surface area contributed by atoms with Gasteiger partial charge in [0, 0.05) is 47.6 Å². The summed E-state index contributed by atoms with van der Waals surface area (Å²) in [4.78, 5) is 40.7. The molecule has 0 radical (unpaired) electrons. The van der Waals surface area contributed by atoms with Crippen LogP contribution >= 0.6 is 0 Å². The molecule has 49 heavy (non-hydrogen) atoms. The van der Waals surface area contributed by atoms with Crippen molar-refractivity contribution in [2.45, 2.75) is 82.7 Å². The molecule has 1 aliphatic heterocycles. The van der Waals surface area contributed by atoms with Gasteiger partial charge in [-0.15, -0.1) is 0 Å². The van der Waals surface area contributed by atoms with E-state index in [1.807, 2.05) is 19.1 Å². The SMILES string of the molecule is CCc1ccc(C(=O)N/N=C(\C)[C@@]2(O)Cc3c(O)c4c(c(O)c3[C@H](O[C@@H]3C[C@H](N)[C@H](O)[C@H](C)O3)C2)C(=O)c2c(OC)cccc2C4=O)cc1. The molecule has 258 valence electrons. The number of aliphatic hydroxyl groups is 2. The van der Waals surface area contributed by atoms with Crippen LogP contribution in [-0.2, 0) is 22.3 Å². The monoisotopic (exact) mass is 673 g/mol. The van der Waals surface area contributed by atoms with Crippen molar-refractivity contribution in [1.29, 1.82) is 0 Å². The fourth-order valence-electron chi connectivity index (χ4n) is 6.86. The number of nitrogens with one attached hydrogen (secondary N) is 1. The van der Waals surface area contributed by atoms with Crippen LogP contribution in [0.15, 0.2) is 47.6 Å². The zero-order valence-electron chi connectivity index (χ0n) is 27.5. The van der Waals surface area contributed by atoms with Crippen LogP contribution in [0.5, 0.6) is 17.2 Å². The van der Waals surface area contributed by atoms with Crippen LogP contribution in [-0.4, -0.2) is 80.9 Å². The number of carbonyl (C=O) groups is 3. The minimum atomic E-state index is -1.89. The van der Waals surface area contributed by atoms with E-state index in [9.17, 15) is 34.8 Å². The molecule has 1 saturated heterocycles. The van der Waals surface area contributed by atoms with Gasteiger partial charge in [-0.2, -0.15) is 5.10 Å². The number of methoxy groups -OCH3 is 1. The summed E-state index contributed by atoms with van der Waals surface area (Å²) in [6.45, 7) is 5.11. The first-order valence-electron chi connectivity index (χ1n) is 16.1. The van der Waals surface area contributed by atoms with E-state index in [1.165, 1.54) is 32.2 Å². The second-order valence-corrected chi connectivity index (χ2v) is 12.8. The molecule has 13 heteroatoms.